The Kier molecular flexibility index (Phi) is 4.23. The second-order valence-electron chi connectivity index (χ2n) is 5.83. The van der Waals surface area contributed by atoms with Crippen LogP contribution in [0.1, 0.15) is 33.6 Å². The summed E-state index contributed by atoms with van der Waals surface area (Å²) < 4.78 is 34.7. The lowest BCUT2D eigenvalue weighted by Crippen LogP contribution is -2.46. The van der Waals surface area contributed by atoms with E-state index in [-0.39, 0.29) is 13.0 Å². The van der Waals surface area contributed by atoms with Crippen LogP contribution in [-0.2, 0) is 19.8 Å². The van der Waals surface area contributed by atoms with Crippen molar-refractivity contribution in [2.24, 2.45) is 5.41 Å². The second kappa shape index (κ2) is 5.07. The van der Waals surface area contributed by atoms with Crippen LogP contribution in [0.15, 0.2) is 0 Å². The molecule has 19 heavy (non-hydrogen) atoms. The number of rotatable bonds is 4. The molecule has 0 aromatic rings. The van der Waals surface area contributed by atoms with Crippen molar-refractivity contribution in [3.8, 4) is 0 Å². The minimum atomic E-state index is -4.79. The Balaban J connectivity index is 2.99. The smallest absolute Gasteiger partial charge is 0.307 e. The molecular formula is C11H18FNO5S. The summed E-state index contributed by atoms with van der Waals surface area (Å²) in [5, 5.41) is 7.50. The van der Waals surface area contributed by atoms with Crippen molar-refractivity contribution in [1.29, 1.82) is 0 Å². The highest BCUT2D eigenvalue weighted by atomic mass is 32.3. The Morgan fingerprint density at radius 3 is 2.37 bits per heavy atom. The summed E-state index contributed by atoms with van der Waals surface area (Å²) in [4.78, 5) is 23.8. The van der Waals surface area contributed by atoms with E-state index in [9.17, 15) is 21.9 Å². The zero-order valence-corrected chi connectivity index (χ0v) is 11.9. The average Bonchev–Trinajstić information content (AvgIpc) is 2.54. The van der Waals surface area contributed by atoms with E-state index >= 15 is 0 Å². The normalized spacial score (nSPS) is 22.6. The van der Waals surface area contributed by atoms with Crippen LogP contribution in [-0.4, -0.2) is 48.1 Å². The third-order valence-corrected chi connectivity index (χ3v) is 4.38. The van der Waals surface area contributed by atoms with Crippen LogP contribution >= 0.6 is 0 Å². The highest BCUT2D eigenvalue weighted by Gasteiger charge is 2.44. The molecule has 110 valence electrons. The van der Waals surface area contributed by atoms with E-state index in [0.717, 1.165) is 0 Å². The minimum absolute atomic E-state index is 0.285. The molecule has 1 fully saturated rings. The number of likely N-dealkylation sites (tertiary alicyclic amines) is 1. The molecule has 1 heterocycles. The van der Waals surface area contributed by atoms with Crippen LogP contribution in [0.3, 0.4) is 0 Å². The fourth-order valence-electron chi connectivity index (χ4n) is 2.24. The Labute approximate surface area is 111 Å². The molecule has 1 N–H and O–H groups in total. The molecular weight excluding hydrogens is 277 g/mol. The van der Waals surface area contributed by atoms with Crippen molar-refractivity contribution < 1.29 is 27.0 Å². The molecule has 6 nitrogen and oxygen atoms in total. The Hall–Kier alpha value is -1.18. The summed E-state index contributed by atoms with van der Waals surface area (Å²) >= 11 is 0. The number of nitrogens with zero attached hydrogens (tertiary/aromatic N) is 1. The monoisotopic (exact) mass is 295 g/mol. The van der Waals surface area contributed by atoms with Gasteiger partial charge < -0.3 is 10.0 Å². The first kappa shape index (κ1) is 15.9. The lowest BCUT2D eigenvalue weighted by molar-refractivity contribution is -0.141. The quantitative estimate of drug-likeness (QED) is 0.774. The summed E-state index contributed by atoms with van der Waals surface area (Å²) in [6.45, 7) is 4.98. The first-order valence-electron chi connectivity index (χ1n) is 5.87. The predicted octanol–water partition coefficient (Wildman–Crippen LogP) is 0.776. The van der Waals surface area contributed by atoms with Crippen molar-refractivity contribution in [3.05, 3.63) is 0 Å². The highest BCUT2D eigenvalue weighted by Crippen LogP contribution is 2.32. The molecule has 0 spiro atoms. The fraction of sp³-hybridized carbons (Fsp3) is 0.818. The van der Waals surface area contributed by atoms with Crippen LogP contribution in [0.2, 0.25) is 0 Å². The van der Waals surface area contributed by atoms with Crippen molar-refractivity contribution in [1.82, 2.24) is 4.90 Å². The average molecular weight is 295 g/mol. The van der Waals surface area contributed by atoms with Gasteiger partial charge in [0, 0.05) is 19.0 Å². The number of amides is 1. The number of aliphatic carboxylic acids is 1. The maximum atomic E-state index is 12.9. The van der Waals surface area contributed by atoms with Crippen molar-refractivity contribution in [2.45, 2.75) is 44.9 Å². The highest BCUT2D eigenvalue weighted by molar-refractivity contribution is 7.87. The molecule has 2 atom stereocenters. The number of hydrogen-bond acceptors (Lipinski definition) is 4. The molecule has 0 radical (unpaired) electrons. The predicted molar refractivity (Wildman–Crippen MR) is 65.6 cm³/mol. The lowest BCUT2D eigenvalue weighted by Gasteiger charge is -2.37. The second-order valence-corrected chi connectivity index (χ2v) is 7.45. The molecule has 1 amide bonds. The zero-order valence-electron chi connectivity index (χ0n) is 11.1. The van der Waals surface area contributed by atoms with E-state index in [1.165, 1.54) is 4.90 Å². The number of carboxylic acid groups (broad SMARTS) is 1. The molecule has 1 rings (SSSR count). The van der Waals surface area contributed by atoms with E-state index in [0.29, 0.717) is 0 Å². The molecule has 2 unspecified atom stereocenters. The molecule has 0 bridgehead atoms. The van der Waals surface area contributed by atoms with Crippen LogP contribution < -0.4 is 0 Å². The number of carbonyl (C=O) groups is 2. The van der Waals surface area contributed by atoms with Gasteiger partial charge in [-0.1, -0.05) is 20.8 Å². The van der Waals surface area contributed by atoms with Crippen LogP contribution in [0.5, 0.6) is 0 Å². The largest absolute Gasteiger partial charge is 0.481 e. The molecule has 8 heteroatoms. The molecule has 0 saturated carbocycles. The van der Waals surface area contributed by atoms with Gasteiger partial charge in [-0.05, 0) is 5.41 Å². The van der Waals surface area contributed by atoms with Gasteiger partial charge in [0.2, 0.25) is 5.91 Å². The van der Waals surface area contributed by atoms with Gasteiger partial charge in [-0.3, -0.25) is 9.59 Å². The van der Waals surface area contributed by atoms with Gasteiger partial charge in [-0.2, -0.15) is 8.42 Å². The first-order valence-corrected chi connectivity index (χ1v) is 7.32. The van der Waals surface area contributed by atoms with E-state index in [1.54, 1.807) is 20.8 Å². The Morgan fingerprint density at radius 2 is 2.05 bits per heavy atom. The van der Waals surface area contributed by atoms with Crippen LogP contribution in [0.4, 0.5) is 3.89 Å². The first-order chi connectivity index (χ1) is 8.43. The van der Waals surface area contributed by atoms with Crippen molar-refractivity contribution in [3.63, 3.8) is 0 Å². The Morgan fingerprint density at radius 1 is 1.53 bits per heavy atom. The summed E-state index contributed by atoms with van der Waals surface area (Å²) in [5.41, 5.74) is -0.539. The van der Waals surface area contributed by atoms with Gasteiger partial charge in [-0.25, -0.2) is 0 Å². The third kappa shape index (κ3) is 3.89. The standard InChI is InChI=1S/C11H18FNO5S/c1-11(2,3)8(5-10(15)16)13-6-7(4-9(13)14)19(12,17)18/h7-8H,4-6H2,1-3H3,(H,15,16). The fourth-order valence-corrected chi connectivity index (χ4v) is 2.92. The molecule has 0 aromatic carbocycles. The Bertz CT molecular complexity index is 482. The van der Waals surface area contributed by atoms with Gasteiger partial charge in [0.15, 0.2) is 0 Å². The molecule has 1 aliphatic heterocycles. The topological polar surface area (TPSA) is 91.8 Å². The molecule has 0 aromatic heterocycles. The summed E-state index contributed by atoms with van der Waals surface area (Å²) in [6.07, 6.45) is -0.723. The number of hydrogen-bond donors (Lipinski definition) is 1. The van der Waals surface area contributed by atoms with Gasteiger partial charge in [0.05, 0.1) is 6.42 Å². The summed E-state index contributed by atoms with van der Waals surface area (Å²) in [6, 6.07) is -0.663. The SMILES string of the molecule is CC(C)(C)C(CC(=O)O)N1CC(S(=O)(=O)F)CC1=O. The van der Waals surface area contributed by atoms with E-state index in [4.69, 9.17) is 5.11 Å². The third-order valence-electron chi connectivity index (χ3n) is 3.26. The molecule has 1 aliphatic rings. The van der Waals surface area contributed by atoms with Crippen LogP contribution in [0.25, 0.3) is 0 Å². The summed E-state index contributed by atoms with van der Waals surface area (Å²) in [7, 11) is -4.79. The molecule has 1 saturated heterocycles. The zero-order chi connectivity index (χ0) is 15.0. The van der Waals surface area contributed by atoms with Crippen molar-refractivity contribution >= 4 is 22.1 Å². The van der Waals surface area contributed by atoms with Crippen molar-refractivity contribution in [2.75, 3.05) is 6.54 Å². The maximum absolute atomic E-state index is 12.9. The number of halogens is 1. The van der Waals surface area contributed by atoms with Gasteiger partial charge >= 0.3 is 16.2 Å². The minimum Gasteiger partial charge on any atom is -0.481 e. The van der Waals surface area contributed by atoms with Gasteiger partial charge in [-0.15, -0.1) is 3.89 Å². The maximum Gasteiger partial charge on any atom is 0.307 e. The van der Waals surface area contributed by atoms with E-state index < -0.39 is 45.2 Å². The van der Waals surface area contributed by atoms with Gasteiger partial charge in [0.25, 0.3) is 0 Å². The van der Waals surface area contributed by atoms with Crippen LogP contribution in [0, 0.1) is 5.41 Å². The van der Waals surface area contributed by atoms with E-state index in [1.807, 2.05) is 0 Å². The molecule has 0 aliphatic carbocycles. The number of carboxylic acids is 1. The van der Waals surface area contributed by atoms with E-state index in [2.05, 4.69) is 0 Å². The van der Waals surface area contributed by atoms with Gasteiger partial charge in [0.1, 0.15) is 5.25 Å². The number of carbonyl (C=O) groups excluding carboxylic acids is 1. The lowest BCUT2D eigenvalue weighted by atomic mass is 9.83. The summed E-state index contributed by atoms with van der Waals surface area (Å²) in [5.74, 6) is -1.60.